The average molecular weight is 506 g/mol. The molecule has 3 heterocycles. The number of anilines is 1. The van der Waals surface area contributed by atoms with E-state index < -0.39 is 0 Å². The molecule has 2 fully saturated rings. The first-order chi connectivity index (χ1) is 17.9. The van der Waals surface area contributed by atoms with Crippen LogP contribution in [0.15, 0.2) is 57.9 Å². The molecule has 0 bridgehead atoms. The second-order valence-corrected chi connectivity index (χ2v) is 10.1. The van der Waals surface area contributed by atoms with Gasteiger partial charge in [0.2, 0.25) is 0 Å². The van der Waals surface area contributed by atoms with Gasteiger partial charge < -0.3 is 25.6 Å². The zero-order valence-electron chi connectivity index (χ0n) is 23.2. The summed E-state index contributed by atoms with van der Waals surface area (Å²) in [6, 6.07) is 7.06. The van der Waals surface area contributed by atoms with Crippen molar-refractivity contribution in [1.82, 2.24) is 15.1 Å². The number of hydrogen-bond acceptors (Lipinski definition) is 8. The van der Waals surface area contributed by atoms with Gasteiger partial charge in [0.25, 0.3) is 0 Å². The van der Waals surface area contributed by atoms with Crippen molar-refractivity contribution in [2.75, 3.05) is 65.4 Å². The number of benzene rings is 1. The lowest BCUT2D eigenvalue weighted by molar-refractivity contribution is 0.0981. The smallest absolute Gasteiger partial charge is 0.149 e. The Morgan fingerprint density at radius 2 is 1.89 bits per heavy atom. The van der Waals surface area contributed by atoms with Gasteiger partial charge in [0.15, 0.2) is 0 Å². The van der Waals surface area contributed by atoms with Crippen LogP contribution in [-0.2, 0) is 0 Å². The third-order valence-electron chi connectivity index (χ3n) is 7.93. The summed E-state index contributed by atoms with van der Waals surface area (Å²) < 4.78 is 5.88. The van der Waals surface area contributed by atoms with Gasteiger partial charge in [-0.1, -0.05) is 19.6 Å². The van der Waals surface area contributed by atoms with Gasteiger partial charge in [0, 0.05) is 75.4 Å². The quantitative estimate of drug-likeness (QED) is 0.591. The molecule has 3 aliphatic heterocycles. The molecular formula is C29H43N7O. The van der Waals surface area contributed by atoms with Crippen molar-refractivity contribution in [3.63, 3.8) is 0 Å². The molecule has 1 aromatic carbocycles. The zero-order chi connectivity index (χ0) is 26.5. The van der Waals surface area contributed by atoms with Gasteiger partial charge in [-0.05, 0) is 50.9 Å². The third kappa shape index (κ3) is 5.91. The van der Waals surface area contributed by atoms with Crippen molar-refractivity contribution in [2.45, 2.75) is 39.2 Å². The number of nitrogens with one attached hydrogen (secondary N) is 1. The molecule has 0 aliphatic carbocycles. The summed E-state index contributed by atoms with van der Waals surface area (Å²) in [5, 5.41) is 3.18. The largest absolute Gasteiger partial charge is 0.495 e. The predicted molar refractivity (Wildman–Crippen MR) is 156 cm³/mol. The molecule has 3 aliphatic rings. The predicted octanol–water partition coefficient (Wildman–Crippen LogP) is 3.48. The number of nitrogens with zero attached hydrogens (tertiary/aromatic N) is 5. The highest BCUT2D eigenvalue weighted by atomic mass is 16.5. The molecule has 200 valence electrons. The Labute approximate surface area is 222 Å². The first kappa shape index (κ1) is 26.9. The van der Waals surface area contributed by atoms with Crippen LogP contribution in [0, 0.1) is 0 Å². The number of allylic oxidation sites excluding steroid dienone is 3. The Kier molecular flexibility index (Phi) is 8.71. The minimum Gasteiger partial charge on any atom is -0.495 e. The molecule has 8 nitrogen and oxygen atoms in total. The van der Waals surface area contributed by atoms with E-state index in [9.17, 15) is 0 Å². The normalized spacial score (nSPS) is 22.0. The standard InChI is InChI=1S/C29H43N7O/c1-7-25(21(3)31-4)33-28-20(2)24(19-32-29(28)30)22-8-9-26(27(18-22)37-6)36-12-10-23(11-13-36)35-16-14-34(5)15-17-35/h8-9,18-19,23,31H,2,7,10-17H2,1,3-6H3,(H2,30,32)/b25-21+,33-28?. The lowest BCUT2D eigenvalue weighted by atomic mass is 9.93. The molecule has 8 heteroatoms. The fourth-order valence-electron chi connectivity index (χ4n) is 5.40. The maximum atomic E-state index is 6.24. The Morgan fingerprint density at radius 3 is 2.51 bits per heavy atom. The Hall–Kier alpha value is -3.10. The lowest BCUT2D eigenvalue weighted by Gasteiger charge is -2.42. The van der Waals surface area contributed by atoms with Crippen molar-refractivity contribution >= 4 is 22.8 Å². The highest BCUT2D eigenvalue weighted by Gasteiger charge is 2.28. The second-order valence-electron chi connectivity index (χ2n) is 10.1. The minimum absolute atomic E-state index is 0.385. The number of ether oxygens (including phenoxy) is 1. The van der Waals surface area contributed by atoms with Crippen LogP contribution in [0.2, 0.25) is 0 Å². The van der Waals surface area contributed by atoms with Gasteiger partial charge in [0.1, 0.15) is 17.3 Å². The summed E-state index contributed by atoms with van der Waals surface area (Å²) in [4.78, 5) is 16.9. The van der Waals surface area contributed by atoms with Crippen LogP contribution < -0.4 is 20.7 Å². The Balaban J connectivity index is 1.51. The monoisotopic (exact) mass is 505 g/mol. The van der Waals surface area contributed by atoms with E-state index in [4.69, 9.17) is 15.5 Å². The van der Waals surface area contributed by atoms with Crippen LogP contribution in [-0.4, -0.2) is 87.9 Å². The number of aliphatic imine (C=N–C) groups is 2. The molecule has 0 saturated carbocycles. The summed E-state index contributed by atoms with van der Waals surface area (Å²) >= 11 is 0. The van der Waals surface area contributed by atoms with Gasteiger partial charge in [-0.3, -0.25) is 4.90 Å². The number of amidine groups is 1. The number of nitrogens with two attached hydrogens (primary N) is 1. The van der Waals surface area contributed by atoms with Crippen LogP contribution in [0.1, 0.15) is 38.7 Å². The van der Waals surface area contributed by atoms with E-state index in [0.717, 1.165) is 59.1 Å². The number of rotatable bonds is 7. The molecule has 0 aromatic heterocycles. The fourth-order valence-corrected chi connectivity index (χ4v) is 5.40. The molecule has 3 N–H and O–H groups in total. The molecule has 37 heavy (non-hydrogen) atoms. The van der Waals surface area contributed by atoms with E-state index >= 15 is 0 Å². The molecule has 0 radical (unpaired) electrons. The van der Waals surface area contributed by atoms with Gasteiger partial charge in [0.05, 0.1) is 18.5 Å². The topological polar surface area (TPSA) is 81.7 Å². The summed E-state index contributed by atoms with van der Waals surface area (Å²) in [5.74, 6) is 1.25. The van der Waals surface area contributed by atoms with E-state index in [1.165, 1.54) is 39.0 Å². The summed E-state index contributed by atoms with van der Waals surface area (Å²) in [6.07, 6.45) is 4.93. The van der Waals surface area contributed by atoms with Gasteiger partial charge in [-0.25, -0.2) is 9.98 Å². The van der Waals surface area contributed by atoms with E-state index in [1.54, 1.807) is 13.3 Å². The molecule has 4 rings (SSSR count). The first-order valence-corrected chi connectivity index (χ1v) is 13.4. The molecule has 0 atom stereocenters. The highest BCUT2D eigenvalue weighted by Crippen LogP contribution is 2.36. The van der Waals surface area contributed by atoms with Crippen LogP contribution in [0.5, 0.6) is 5.75 Å². The number of piperazine rings is 1. The minimum atomic E-state index is 0.385. The molecule has 2 saturated heterocycles. The average Bonchev–Trinajstić information content (AvgIpc) is 2.93. The zero-order valence-corrected chi connectivity index (χ0v) is 23.2. The number of hydrogen-bond donors (Lipinski definition) is 2. The molecule has 0 spiro atoms. The third-order valence-corrected chi connectivity index (χ3v) is 7.93. The van der Waals surface area contributed by atoms with Crippen molar-refractivity contribution in [2.24, 2.45) is 15.7 Å². The van der Waals surface area contributed by atoms with E-state index in [-0.39, 0.29) is 0 Å². The number of likely N-dealkylation sites (N-methyl/N-ethyl adjacent to an activating group) is 1. The maximum Gasteiger partial charge on any atom is 0.149 e. The van der Waals surface area contributed by atoms with E-state index in [1.807, 2.05) is 14.0 Å². The lowest BCUT2D eigenvalue weighted by Crippen LogP contribution is -2.52. The Bertz CT molecular complexity index is 1120. The van der Waals surface area contributed by atoms with Crippen molar-refractivity contribution in [1.29, 1.82) is 0 Å². The van der Waals surface area contributed by atoms with Crippen LogP contribution in [0.3, 0.4) is 0 Å². The molecule has 1 aromatic rings. The molecule has 0 unspecified atom stereocenters. The Morgan fingerprint density at radius 1 is 1.19 bits per heavy atom. The first-order valence-electron chi connectivity index (χ1n) is 13.4. The van der Waals surface area contributed by atoms with Crippen LogP contribution in [0.25, 0.3) is 5.57 Å². The SMILES string of the molecule is C=C1C(c2ccc(N3CCC(N4CCN(C)CC4)CC3)c(OC)c2)=CN=C(N)C1=N/C(CC)=C(\C)NC. The molecular weight excluding hydrogens is 462 g/mol. The van der Waals surface area contributed by atoms with Crippen molar-refractivity contribution in [3.8, 4) is 5.75 Å². The van der Waals surface area contributed by atoms with Gasteiger partial charge in [-0.2, -0.15) is 0 Å². The van der Waals surface area contributed by atoms with E-state index in [2.05, 4.69) is 63.8 Å². The van der Waals surface area contributed by atoms with Gasteiger partial charge in [-0.15, -0.1) is 0 Å². The number of methoxy groups -OCH3 is 1. The van der Waals surface area contributed by atoms with Crippen LogP contribution in [0.4, 0.5) is 5.69 Å². The van der Waals surface area contributed by atoms with E-state index in [0.29, 0.717) is 17.6 Å². The summed E-state index contributed by atoms with van der Waals surface area (Å²) in [5.41, 5.74) is 12.6. The summed E-state index contributed by atoms with van der Waals surface area (Å²) in [6.45, 7) is 15.2. The highest BCUT2D eigenvalue weighted by molar-refractivity contribution is 6.51. The maximum absolute atomic E-state index is 6.24. The summed E-state index contributed by atoms with van der Waals surface area (Å²) in [7, 11) is 5.85. The fraction of sp³-hybridized carbons (Fsp3) is 0.517. The van der Waals surface area contributed by atoms with Crippen molar-refractivity contribution < 1.29 is 4.74 Å². The van der Waals surface area contributed by atoms with Crippen molar-refractivity contribution in [3.05, 3.63) is 53.5 Å². The second kappa shape index (κ2) is 12.0. The van der Waals surface area contributed by atoms with Crippen LogP contribution >= 0.6 is 0 Å². The van der Waals surface area contributed by atoms with Gasteiger partial charge >= 0.3 is 0 Å². The molecule has 0 amide bonds. The number of piperidine rings is 1.